The number of hydrogen-bond acceptors (Lipinski definition) is 3. The Morgan fingerprint density at radius 2 is 2.42 bits per heavy atom. The zero-order chi connectivity index (χ0) is 8.97. The molecule has 0 saturated heterocycles. The third kappa shape index (κ3) is 2.52. The molecule has 5 heteroatoms. The van der Waals surface area contributed by atoms with Gasteiger partial charge in [-0.05, 0) is 0 Å². The Hall–Kier alpha value is -1.07. The minimum atomic E-state index is -1.37. The number of allylic oxidation sites excluding steroid dienone is 1. The van der Waals surface area contributed by atoms with Crippen molar-refractivity contribution in [1.29, 1.82) is 0 Å². The molecule has 0 spiro atoms. The summed E-state index contributed by atoms with van der Waals surface area (Å²) in [5, 5.41) is 17.0. The standard InChI is InChI=1S/C7H11BN2O2/c1-10-6-5-9-7(10)3-2-4-8(11)12/h2,4-6,11-12H,3H2,1H3/b4-2+. The molecule has 2 N–H and O–H groups in total. The van der Waals surface area contributed by atoms with Crippen LogP contribution in [0.15, 0.2) is 24.4 Å². The zero-order valence-electron chi connectivity index (χ0n) is 6.88. The number of nitrogens with zero attached hydrogens (tertiary/aromatic N) is 2. The van der Waals surface area contributed by atoms with E-state index in [-0.39, 0.29) is 0 Å². The van der Waals surface area contributed by atoms with E-state index in [1.54, 1.807) is 12.3 Å². The average Bonchev–Trinajstić information content (AvgIpc) is 2.36. The summed E-state index contributed by atoms with van der Waals surface area (Å²) in [5.41, 5.74) is 0. The van der Waals surface area contributed by atoms with Crippen molar-refractivity contribution in [2.75, 3.05) is 0 Å². The molecule has 1 rings (SSSR count). The second-order valence-corrected chi connectivity index (χ2v) is 2.50. The summed E-state index contributed by atoms with van der Waals surface area (Å²) in [4.78, 5) is 4.06. The first-order valence-corrected chi connectivity index (χ1v) is 3.69. The van der Waals surface area contributed by atoms with E-state index in [0.29, 0.717) is 6.42 Å². The van der Waals surface area contributed by atoms with E-state index in [4.69, 9.17) is 10.0 Å². The van der Waals surface area contributed by atoms with Gasteiger partial charge in [-0.3, -0.25) is 0 Å². The van der Waals surface area contributed by atoms with Crippen molar-refractivity contribution >= 4 is 7.12 Å². The highest BCUT2D eigenvalue weighted by atomic mass is 16.4. The minimum Gasteiger partial charge on any atom is -0.424 e. The van der Waals surface area contributed by atoms with Crippen LogP contribution in [0.25, 0.3) is 0 Å². The lowest BCUT2D eigenvalue weighted by molar-refractivity contribution is 0.424. The molecule has 0 amide bonds. The molecule has 64 valence electrons. The second kappa shape index (κ2) is 4.08. The van der Waals surface area contributed by atoms with Crippen molar-refractivity contribution in [2.24, 2.45) is 7.05 Å². The first-order valence-electron chi connectivity index (χ1n) is 3.69. The minimum absolute atomic E-state index is 0.612. The molecule has 4 nitrogen and oxygen atoms in total. The molecule has 0 radical (unpaired) electrons. The molecule has 0 aromatic carbocycles. The van der Waals surface area contributed by atoms with Crippen LogP contribution in [0.3, 0.4) is 0 Å². The van der Waals surface area contributed by atoms with Gasteiger partial charge in [-0.1, -0.05) is 12.1 Å². The van der Waals surface area contributed by atoms with Crippen molar-refractivity contribution in [3.63, 3.8) is 0 Å². The monoisotopic (exact) mass is 166 g/mol. The maximum absolute atomic E-state index is 8.49. The van der Waals surface area contributed by atoms with Crippen molar-refractivity contribution < 1.29 is 10.0 Å². The number of hydrogen-bond donors (Lipinski definition) is 2. The van der Waals surface area contributed by atoms with Crippen LogP contribution in [0.5, 0.6) is 0 Å². The van der Waals surface area contributed by atoms with Gasteiger partial charge in [0, 0.05) is 25.9 Å². The van der Waals surface area contributed by atoms with E-state index in [2.05, 4.69) is 4.98 Å². The van der Waals surface area contributed by atoms with E-state index in [1.165, 1.54) is 5.98 Å². The lowest BCUT2D eigenvalue weighted by atomic mass is 9.91. The Labute approximate surface area is 71.3 Å². The Kier molecular flexibility index (Phi) is 3.07. The molecule has 1 heterocycles. The van der Waals surface area contributed by atoms with Crippen molar-refractivity contribution in [1.82, 2.24) is 9.55 Å². The summed E-state index contributed by atoms with van der Waals surface area (Å²) in [7, 11) is 0.524. The fourth-order valence-electron chi connectivity index (χ4n) is 0.888. The molecule has 0 aliphatic carbocycles. The highest BCUT2D eigenvalue weighted by molar-refractivity contribution is 6.47. The molecule has 0 aliphatic rings. The van der Waals surface area contributed by atoms with Crippen LogP contribution in [-0.4, -0.2) is 26.7 Å². The van der Waals surface area contributed by atoms with Gasteiger partial charge in [0.2, 0.25) is 0 Å². The predicted octanol–water partition coefficient (Wildman–Crippen LogP) is -0.469. The third-order valence-electron chi connectivity index (χ3n) is 1.53. The molecule has 1 aromatic heterocycles. The highest BCUT2D eigenvalue weighted by Gasteiger charge is 1.99. The average molecular weight is 166 g/mol. The quantitative estimate of drug-likeness (QED) is 0.596. The lowest BCUT2D eigenvalue weighted by Crippen LogP contribution is -2.06. The topological polar surface area (TPSA) is 58.3 Å². The largest absolute Gasteiger partial charge is 0.480 e. The lowest BCUT2D eigenvalue weighted by Gasteiger charge is -1.95. The smallest absolute Gasteiger partial charge is 0.424 e. The summed E-state index contributed by atoms with van der Waals surface area (Å²) in [6, 6.07) is 0. The molecule has 0 bridgehead atoms. The van der Waals surface area contributed by atoms with Crippen LogP contribution in [0.1, 0.15) is 5.82 Å². The first kappa shape index (κ1) is 9.03. The van der Waals surface area contributed by atoms with Gasteiger partial charge in [0.25, 0.3) is 0 Å². The number of aromatic nitrogens is 2. The van der Waals surface area contributed by atoms with E-state index in [9.17, 15) is 0 Å². The van der Waals surface area contributed by atoms with Crippen LogP contribution >= 0.6 is 0 Å². The Morgan fingerprint density at radius 3 is 2.92 bits per heavy atom. The Morgan fingerprint density at radius 1 is 1.67 bits per heavy atom. The molecule has 0 atom stereocenters. The molecule has 0 aliphatic heterocycles. The van der Waals surface area contributed by atoms with Gasteiger partial charge in [0.1, 0.15) is 5.82 Å². The van der Waals surface area contributed by atoms with Crippen LogP contribution in [-0.2, 0) is 13.5 Å². The van der Waals surface area contributed by atoms with Crippen LogP contribution in [0.2, 0.25) is 0 Å². The SMILES string of the molecule is Cn1ccnc1C/C=C/B(O)O. The fourth-order valence-corrected chi connectivity index (χ4v) is 0.888. The van der Waals surface area contributed by atoms with E-state index >= 15 is 0 Å². The van der Waals surface area contributed by atoms with Crippen molar-refractivity contribution in [3.8, 4) is 0 Å². The summed E-state index contributed by atoms with van der Waals surface area (Å²) in [6.45, 7) is 0. The summed E-state index contributed by atoms with van der Waals surface area (Å²) in [5.74, 6) is 2.21. The van der Waals surface area contributed by atoms with Gasteiger partial charge < -0.3 is 14.6 Å². The maximum atomic E-state index is 8.49. The zero-order valence-corrected chi connectivity index (χ0v) is 6.88. The molecular weight excluding hydrogens is 155 g/mol. The number of imidazole rings is 1. The predicted molar refractivity (Wildman–Crippen MR) is 46.2 cm³/mol. The maximum Gasteiger partial charge on any atom is 0.480 e. The van der Waals surface area contributed by atoms with Gasteiger partial charge in [-0.2, -0.15) is 0 Å². The Bertz CT molecular complexity index is 270. The third-order valence-corrected chi connectivity index (χ3v) is 1.53. The van der Waals surface area contributed by atoms with E-state index < -0.39 is 7.12 Å². The molecular formula is C7H11BN2O2. The van der Waals surface area contributed by atoms with Crippen LogP contribution < -0.4 is 0 Å². The normalized spacial score (nSPS) is 10.9. The summed E-state index contributed by atoms with van der Waals surface area (Å²) < 4.78 is 1.88. The van der Waals surface area contributed by atoms with Crippen molar-refractivity contribution in [2.45, 2.75) is 6.42 Å². The van der Waals surface area contributed by atoms with Crippen LogP contribution in [0.4, 0.5) is 0 Å². The number of aryl methyl sites for hydroxylation is 1. The molecule has 0 unspecified atom stereocenters. The van der Waals surface area contributed by atoms with E-state index in [0.717, 1.165) is 5.82 Å². The second-order valence-electron chi connectivity index (χ2n) is 2.50. The molecule has 1 aromatic rings. The highest BCUT2D eigenvalue weighted by Crippen LogP contribution is 1.95. The summed E-state index contributed by atoms with van der Waals surface area (Å²) >= 11 is 0. The van der Waals surface area contributed by atoms with Gasteiger partial charge in [-0.15, -0.1) is 0 Å². The summed E-state index contributed by atoms with van der Waals surface area (Å²) in [6.07, 6.45) is 5.84. The van der Waals surface area contributed by atoms with Gasteiger partial charge in [0.15, 0.2) is 0 Å². The molecule has 12 heavy (non-hydrogen) atoms. The Balaban J connectivity index is 2.48. The van der Waals surface area contributed by atoms with Crippen LogP contribution in [0, 0.1) is 0 Å². The van der Waals surface area contributed by atoms with E-state index in [1.807, 2.05) is 17.8 Å². The van der Waals surface area contributed by atoms with Crippen molar-refractivity contribution in [3.05, 3.63) is 30.3 Å². The molecule has 0 fully saturated rings. The number of rotatable bonds is 3. The molecule has 0 saturated carbocycles. The van der Waals surface area contributed by atoms with Gasteiger partial charge in [-0.25, -0.2) is 4.98 Å². The van der Waals surface area contributed by atoms with Gasteiger partial charge in [0.05, 0.1) is 0 Å². The fraction of sp³-hybridized carbons (Fsp3) is 0.286. The van der Waals surface area contributed by atoms with Gasteiger partial charge >= 0.3 is 7.12 Å². The first-order chi connectivity index (χ1) is 5.70.